The van der Waals surface area contributed by atoms with Gasteiger partial charge in [0.05, 0.1) is 6.61 Å². The standard InChI is InChI=1S/C19H25NO5/c1-5-19(4,18(23)24)16(15(13(3)21)17(22)25-6-2)20-12-14-10-8-7-9-11-14/h7-11,20H,5-6,12H2,1-4H3,(H,23,24). The molecule has 1 unspecified atom stereocenters. The third kappa shape index (κ3) is 4.92. The number of nitrogens with one attached hydrogen (secondary N) is 1. The van der Waals surface area contributed by atoms with E-state index in [9.17, 15) is 19.5 Å². The molecule has 1 aromatic carbocycles. The average molecular weight is 347 g/mol. The van der Waals surface area contributed by atoms with Crippen LogP contribution in [0.1, 0.15) is 39.7 Å². The molecule has 0 heterocycles. The number of hydrogen-bond acceptors (Lipinski definition) is 5. The van der Waals surface area contributed by atoms with E-state index in [2.05, 4.69) is 5.32 Å². The van der Waals surface area contributed by atoms with Gasteiger partial charge in [0.15, 0.2) is 5.78 Å². The Bertz CT molecular complexity index is 666. The second-order valence-electron chi connectivity index (χ2n) is 5.86. The number of ether oxygens (including phenoxy) is 1. The summed E-state index contributed by atoms with van der Waals surface area (Å²) < 4.78 is 4.97. The molecule has 0 bridgehead atoms. The summed E-state index contributed by atoms with van der Waals surface area (Å²) in [4.78, 5) is 36.3. The van der Waals surface area contributed by atoms with Crippen molar-refractivity contribution in [2.75, 3.05) is 6.61 Å². The summed E-state index contributed by atoms with van der Waals surface area (Å²) in [6.45, 7) is 6.43. The van der Waals surface area contributed by atoms with Crippen molar-refractivity contribution >= 4 is 17.7 Å². The second kappa shape index (κ2) is 9.01. The molecule has 136 valence electrons. The fraction of sp³-hybridized carbons (Fsp3) is 0.421. The fourth-order valence-corrected chi connectivity index (χ4v) is 2.41. The Kier molecular flexibility index (Phi) is 7.36. The Morgan fingerprint density at radius 1 is 1.16 bits per heavy atom. The fourth-order valence-electron chi connectivity index (χ4n) is 2.41. The number of benzene rings is 1. The molecule has 1 aromatic rings. The van der Waals surface area contributed by atoms with Crippen molar-refractivity contribution in [2.24, 2.45) is 5.41 Å². The highest BCUT2D eigenvalue weighted by Crippen LogP contribution is 2.33. The molecule has 0 aliphatic heterocycles. The van der Waals surface area contributed by atoms with Crippen molar-refractivity contribution < 1.29 is 24.2 Å². The van der Waals surface area contributed by atoms with Crippen LogP contribution in [0.2, 0.25) is 0 Å². The van der Waals surface area contributed by atoms with Crippen LogP contribution >= 0.6 is 0 Å². The van der Waals surface area contributed by atoms with Crippen LogP contribution in [-0.2, 0) is 25.7 Å². The molecule has 6 heteroatoms. The lowest BCUT2D eigenvalue weighted by Gasteiger charge is -2.29. The van der Waals surface area contributed by atoms with Gasteiger partial charge in [0.2, 0.25) is 0 Å². The van der Waals surface area contributed by atoms with E-state index in [1.807, 2.05) is 30.3 Å². The molecular weight excluding hydrogens is 322 g/mol. The van der Waals surface area contributed by atoms with Gasteiger partial charge in [0.1, 0.15) is 11.0 Å². The maximum absolute atomic E-state index is 12.3. The van der Waals surface area contributed by atoms with E-state index in [1.54, 1.807) is 13.8 Å². The molecule has 0 aliphatic carbocycles. The van der Waals surface area contributed by atoms with Crippen LogP contribution in [-0.4, -0.2) is 29.4 Å². The summed E-state index contributed by atoms with van der Waals surface area (Å²) in [6.07, 6.45) is 0.204. The predicted molar refractivity (Wildman–Crippen MR) is 93.7 cm³/mol. The van der Waals surface area contributed by atoms with Gasteiger partial charge in [-0.1, -0.05) is 37.3 Å². The quantitative estimate of drug-likeness (QED) is 0.309. The Labute approximate surface area is 147 Å². The molecule has 2 N–H and O–H groups in total. The molecule has 0 saturated carbocycles. The summed E-state index contributed by atoms with van der Waals surface area (Å²) >= 11 is 0. The first-order valence-electron chi connectivity index (χ1n) is 8.21. The summed E-state index contributed by atoms with van der Waals surface area (Å²) in [5.41, 5.74) is -0.680. The van der Waals surface area contributed by atoms with Gasteiger partial charge in [-0.3, -0.25) is 9.59 Å². The minimum Gasteiger partial charge on any atom is -0.481 e. The van der Waals surface area contributed by atoms with E-state index in [1.165, 1.54) is 13.8 Å². The zero-order valence-electron chi connectivity index (χ0n) is 15.1. The number of carboxylic acids is 1. The SMILES string of the molecule is CCOC(=O)C(C(C)=O)=C(NCc1ccccc1)C(C)(CC)C(=O)O. The Morgan fingerprint density at radius 3 is 2.20 bits per heavy atom. The van der Waals surface area contributed by atoms with Crippen molar-refractivity contribution in [1.29, 1.82) is 0 Å². The van der Waals surface area contributed by atoms with Crippen LogP contribution in [0.25, 0.3) is 0 Å². The first-order valence-corrected chi connectivity index (χ1v) is 8.21. The number of carbonyl (C=O) groups is 3. The Hall–Kier alpha value is -2.63. The van der Waals surface area contributed by atoms with Gasteiger partial charge in [-0.25, -0.2) is 4.79 Å². The summed E-state index contributed by atoms with van der Waals surface area (Å²) in [7, 11) is 0. The number of rotatable bonds is 9. The number of carbonyl (C=O) groups excluding carboxylic acids is 2. The van der Waals surface area contributed by atoms with Crippen LogP contribution in [0.4, 0.5) is 0 Å². The van der Waals surface area contributed by atoms with Crippen LogP contribution in [0, 0.1) is 5.41 Å². The van der Waals surface area contributed by atoms with Gasteiger partial charge < -0.3 is 15.2 Å². The van der Waals surface area contributed by atoms with E-state index < -0.39 is 23.1 Å². The lowest BCUT2D eigenvalue weighted by atomic mass is 9.80. The third-order valence-electron chi connectivity index (χ3n) is 4.12. The molecule has 0 amide bonds. The molecule has 0 aliphatic rings. The van der Waals surface area contributed by atoms with Crippen molar-refractivity contribution in [3.05, 3.63) is 47.2 Å². The van der Waals surface area contributed by atoms with Crippen molar-refractivity contribution in [3.63, 3.8) is 0 Å². The number of ketones is 1. The second-order valence-corrected chi connectivity index (χ2v) is 5.86. The van der Waals surface area contributed by atoms with Crippen molar-refractivity contribution in [3.8, 4) is 0 Å². The predicted octanol–water partition coefficient (Wildman–Crippen LogP) is 2.68. The van der Waals surface area contributed by atoms with Gasteiger partial charge >= 0.3 is 11.9 Å². The third-order valence-corrected chi connectivity index (χ3v) is 4.12. The summed E-state index contributed by atoms with van der Waals surface area (Å²) in [5.74, 6) is -2.46. The van der Waals surface area contributed by atoms with Gasteiger partial charge in [-0.2, -0.15) is 0 Å². The highest BCUT2D eigenvalue weighted by molar-refractivity contribution is 6.17. The maximum Gasteiger partial charge on any atom is 0.343 e. The van der Waals surface area contributed by atoms with Crippen LogP contribution in [0.5, 0.6) is 0 Å². The Morgan fingerprint density at radius 2 is 1.76 bits per heavy atom. The largest absolute Gasteiger partial charge is 0.481 e. The molecule has 1 rings (SSSR count). The number of esters is 1. The molecule has 0 fully saturated rings. The minimum atomic E-state index is -1.41. The van der Waals surface area contributed by atoms with Gasteiger partial charge in [-0.15, -0.1) is 0 Å². The van der Waals surface area contributed by atoms with E-state index >= 15 is 0 Å². The number of Topliss-reactive ketones (excluding diaryl/α,β-unsaturated/α-hetero) is 1. The smallest absolute Gasteiger partial charge is 0.343 e. The molecule has 0 spiro atoms. The van der Waals surface area contributed by atoms with Crippen molar-refractivity contribution in [1.82, 2.24) is 5.32 Å². The summed E-state index contributed by atoms with van der Waals surface area (Å²) in [6, 6.07) is 9.31. The molecule has 6 nitrogen and oxygen atoms in total. The maximum atomic E-state index is 12.3. The highest BCUT2D eigenvalue weighted by atomic mass is 16.5. The van der Waals surface area contributed by atoms with Gasteiger partial charge in [-0.05, 0) is 32.8 Å². The molecule has 0 aromatic heterocycles. The van der Waals surface area contributed by atoms with Gasteiger partial charge in [0.25, 0.3) is 0 Å². The van der Waals surface area contributed by atoms with E-state index in [-0.39, 0.29) is 30.8 Å². The molecule has 0 saturated heterocycles. The number of carboxylic acid groups (broad SMARTS) is 1. The van der Waals surface area contributed by atoms with Crippen LogP contribution in [0.3, 0.4) is 0 Å². The lowest BCUT2D eigenvalue weighted by Crippen LogP contribution is -2.39. The Balaban J connectivity index is 3.43. The summed E-state index contributed by atoms with van der Waals surface area (Å²) in [5, 5.41) is 12.7. The molecular formula is C19H25NO5. The zero-order valence-corrected chi connectivity index (χ0v) is 15.1. The molecule has 25 heavy (non-hydrogen) atoms. The lowest BCUT2D eigenvalue weighted by molar-refractivity contribution is -0.146. The van der Waals surface area contributed by atoms with Crippen LogP contribution in [0.15, 0.2) is 41.6 Å². The number of aliphatic carboxylic acids is 1. The molecule has 1 atom stereocenters. The number of hydrogen-bond donors (Lipinski definition) is 2. The van der Waals surface area contributed by atoms with Crippen LogP contribution < -0.4 is 5.32 Å². The first kappa shape index (κ1) is 20.4. The highest BCUT2D eigenvalue weighted by Gasteiger charge is 2.40. The monoisotopic (exact) mass is 347 g/mol. The van der Waals surface area contributed by atoms with Gasteiger partial charge in [0, 0.05) is 12.2 Å². The topological polar surface area (TPSA) is 92.7 Å². The van der Waals surface area contributed by atoms with E-state index in [4.69, 9.17) is 4.74 Å². The minimum absolute atomic E-state index is 0.0808. The normalized spacial score (nSPS) is 14.1. The average Bonchev–Trinajstić information content (AvgIpc) is 2.58. The van der Waals surface area contributed by atoms with E-state index in [0.717, 1.165) is 5.56 Å². The molecule has 0 radical (unpaired) electrons. The van der Waals surface area contributed by atoms with Crippen molar-refractivity contribution in [2.45, 2.75) is 40.7 Å². The zero-order chi connectivity index (χ0) is 19.0. The first-order chi connectivity index (χ1) is 11.8. The van der Waals surface area contributed by atoms with E-state index in [0.29, 0.717) is 0 Å².